The summed E-state index contributed by atoms with van der Waals surface area (Å²) in [4.78, 5) is 16.9. The Morgan fingerprint density at radius 2 is 1.19 bits per heavy atom. The van der Waals surface area contributed by atoms with Gasteiger partial charge in [0.25, 0.3) is 0 Å². The first kappa shape index (κ1) is 11.3. The van der Waals surface area contributed by atoms with Crippen LogP contribution in [0, 0.1) is 0 Å². The van der Waals surface area contributed by atoms with E-state index in [1.165, 1.54) is 0 Å². The highest BCUT2D eigenvalue weighted by molar-refractivity contribution is 7.79. The minimum absolute atomic E-state index is 0.556. The molecule has 16 heavy (non-hydrogen) atoms. The van der Waals surface area contributed by atoms with Crippen LogP contribution in [0.2, 0.25) is 0 Å². The largest absolute Gasteiger partial charge is 0.260 e. The van der Waals surface area contributed by atoms with Gasteiger partial charge in [0, 0.05) is 23.9 Å². The lowest BCUT2D eigenvalue weighted by Gasteiger charge is -2.02. The van der Waals surface area contributed by atoms with Crippen LogP contribution in [0.1, 0.15) is 11.4 Å². The Hall–Kier alpha value is -1.14. The molecule has 0 atom stereocenters. The van der Waals surface area contributed by atoms with Crippen LogP contribution >= 0.6 is 25.3 Å². The molecule has 0 radical (unpaired) electrons. The van der Waals surface area contributed by atoms with Gasteiger partial charge in [0.15, 0.2) is 0 Å². The van der Waals surface area contributed by atoms with E-state index in [9.17, 15) is 0 Å². The van der Waals surface area contributed by atoms with E-state index in [4.69, 9.17) is 0 Å². The number of hydrogen-bond acceptors (Lipinski definition) is 6. The van der Waals surface area contributed by atoms with Crippen LogP contribution in [-0.4, -0.2) is 19.9 Å². The topological polar surface area (TPSA) is 51.6 Å². The molecule has 0 aliphatic carbocycles. The van der Waals surface area contributed by atoms with Crippen molar-refractivity contribution in [3.8, 4) is 11.4 Å². The van der Waals surface area contributed by atoms with Crippen molar-refractivity contribution in [2.45, 2.75) is 11.5 Å². The van der Waals surface area contributed by atoms with Gasteiger partial charge in [-0.3, -0.25) is 9.97 Å². The molecule has 0 N–H and O–H groups in total. The fourth-order valence-electron chi connectivity index (χ4n) is 1.21. The molecule has 0 saturated heterocycles. The average molecular weight is 250 g/mol. The van der Waals surface area contributed by atoms with Crippen LogP contribution in [0.25, 0.3) is 11.4 Å². The smallest absolute Gasteiger partial charge is 0.109 e. The van der Waals surface area contributed by atoms with Crippen LogP contribution in [0.15, 0.2) is 24.8 Å². The maximum Gasteiger partial charge on any atom is 0.109 e. The first-order valence-electron chi connectivity index (χ1n) is 4.67. The van der Waals surface area contributed by atoms with E-state index in [0.29, 0.717) is 22.9 Å². The molecule has 0 aromatic carbocycles. The summed E-state index contributed by atoms with van der Waals surface area (Å²) in [5.41, 5.74) is 3.06. The Labute approximate surface area is 104 Å². The minimum atomic E-state index is 0.556. The van der Waals surface area contributed by atoms with Gasteiger partial charge in [-0.25, -0.2) is 9.97 Å². The summed E-state index contributed by atoms with van der Waals surface area (Å²) in [5.74, 6) is 1.11. The number of hydrogen-bond donors (Lipinski definition) is 2. The van der Waals surface area contributed by atoms with Crippen LogP contribution in [0.4, 0.5) is 0 Å². The Bertz CT molecular complexity index is 444. The lowest BCUT2D eigenvalue weighted by Crippen LogP contribution is -1.96. The van der Waals surface area contributed by atoms with Crippen molar-refractivity contribution in [3.05, 3.63) is 36.2 Å². The maximum atomic E-state index is 4.37. The highest BCUT2D eigenvalue weighted by Gasteiger charge is 2.04. The first-order chi connectivity index (χ1) is 7.83. The molecule has 0 fully saturated rings. The van der Waals surface area contributed by atoms with Gasteiger partial charge in [-0.2, -0.15) is 25.3 Å². The van der Waals surface area contributed by atoms with Crippen LogP contribution in [0.5, 0.6) is 0 Å². The molecule has 0 aliphatic heterocycles. The van der Waals surface area contributed by atoms with Crippen molar-refractivity contribution in [2.24, 2.45) is 0 Å². The molecule has 2 aromatic rings. The van der Waals surface area contributed by atoms with Crippen molar-refractivity contribution in [3.63, 3.8) is 0 Å². The van der Waals surface area contributed by atoms with Gasteiger partial charge in [-0.15, -0.1) is 0 Å². The molecule has 0 spiro atoms. The summed E-state index contributed by atoms with van der Waals surface area (Å²) in [5, 5.41) is 0. The van der Waals surface area contributed by atoms with E-state index in [-0.39, 0.29) is 0 Å². The van der Waals surface area contributed by atoms with E-state index < -0.39 is 0 Å². The van der Waals surface area contributed by atoms with Gasteiger partial charge in [0.1, 0.15) is 11.4 Å². The van der Waals surface area contributed by atoms with Crippen molar-refractivity contribution in [2.75, 3.05) is 0 Å². The molecule has 2 rings (SSSR count). The molecule has 0 aliphatic rings. The van der Waals surface area contributed by atoms with Crippen LogP contribution in [0.3, 0.4) is 0 Å². The number of rotatable bonds is 3. The third kappa shape index (κ3) is 2.51. The summed E-state index contributed by atoms with van der Waals surface area (Å²) in [6.45, 7) is 0. The van der Waals surface area contributed by atoms with Crippen molar-refractivity contribution in [1.82, 2.24) is 19.9 Å². The fourth-order valence-corrected chi connectivity index (χ4v) is 1.52. The zero-order valence-electron chi connectivity index (χ0n) is 8.41. The molecular weight excluding hydrogens is 240 g/mol. The monoisotopic (exact) mass is 250 g/mol. The van der Waals surface area contributed by atoms with E-state index >= 15 is 0 Å². The van der Waals surface area contributed by atoms with Crippen molar-refractivity contribution >= 4 is 25.3 Å². The molecule has 4 nitrogen and oxygen atoms in total. The highest BCUT2D eigenvalue weighted by Crippen LogP contribution is 2.13. The quantitative estimate of drug-likeness (QED) is 0.816. The van der Waals surface area contributed by atoms with Gasteiger partial charge < -0.3 is 0 Å². The summed E-state index contributed by atoms with van der Waals surface area (Å²) >= 11 is 8.32. The van der Waals surface area contributed by atoms with Crippen LogP contribution < -0.4 is 0 Å². The second-order valence-corrected chi connectivity index (χ2v) is 3.74. The Morgan fingerprint density at radius 3 is 1.56 bits per heavy atom. The Kier molecular flexibility index (Phi) is 3.74. The van der Waals surface area contributed by atoms with Gasteiger partial charge >= 0.3 is 0 Å². The van der Waals surface area contributed by atoms with Gasteiger partial charge in [-0.05, 0) is 0 Å². The predicted octanol–water partition coefficient (Wildman–Crippen LogP) is 1.79. The minimum Gasteiger partial charge on any atom is -0.260 e. The van der Waals surface area contributed by atoms with Gasteiger partial charge in [0.2, 0.25) is 0 Å². The third-order valence-electron chi connectivity index (χ3n) is 1.96. The SMILES string of the molecule is SCc1cncc(-c2cncc(CS)n2)n1. The molecule has 82 valence electrons. The predicted molar refractivity (Wildman–Crippen MR) is 68.4 cm³/mol. The second-order valence-electron chi connectivity index (χ2n) is 3.11. The average Bonchev–Trinajstić information content (AvgIpc) is 2.39. The normalized spacial score (nSPS) is 10.4. The van der Waals surface area contributed by atoms with E-state index in [1.807, 2.05) is 0 Å². The molecule has 0 saturated carbocycles. The fraction of sp³-hybridized carbons (Fsp3) is 0.200. The Balaban J connectivity index is 2.41. The maximum absolute atomic E-state index is 4.37. The second kappa shape index (κ2) is 5.27. The molecule has 0 unspecified atom stereocenters. The molecule has 2 aromatic heterocycles. The number of thiol groups is 2. The summed E-state index contributed by atoms with van der Waals surface area (Å²) in [6.07, 6.45) is 6.71. The number of aromatic nitrogens is 4. The standard InChI is InChI=1S/C10H10N4S2/c15-5-7-1-11-3-9(13-7)10-4-12-2-8(6-16)14-10/h1-4,15-16H,5-6H2. The van der Waals surface area contributed by atoms with Gasteiger partial charge in [-0.1, -0.05) is 0 Å². The molecule has 0 amide bonds. The van der Waals surface area contributed by atoms with E-state index in [0.717, 1.165) is 11.4 Å². The van der Waals surface area contributed by atoms with Gasteiger partial charge in [0.05, 0.1) is 23.8 Å². The lowest BCUT2D eigenvalue weighted by molar-refractivity contribution is 1.06. The molecule has 6 heteroatoms. The molecule has 2 heterocycles. The Morgan fingerprint density at radius 1 is 0.750 bits per heavy atom. The third-order valence-corrected chi connectivity index (χ3v) is 2.60. The van der Waals surface area contributed by atoms with Crippen molar-refractivity contribution in [1.29, 1.82) is 0 Å². The van der Waals surface area contributed by atoms with Crippen molar-refractivity contribution < 1.29 is 0 Å². The summed E-state index contributed by atoms with van der Waals surface area (Å²) < 4.78 is 0. The molecular formula is C10H10N4S2. The summed E-state index contributed by atoms with van der Waals surface area (Å²) in [7, 11) is 0. The summed E-state index contributed by atoms with van der Waals surface area (Å²) in [6, 6.07) is 0. The number of nitrogens with zero attached hydrogens (tertiary/aromatic N) is 4. The zero-order valence-corrected chi connectivity index (χ0v) is 10.2. The van der Waals surface area contributed by atoms with E-state index in [2.05, 4.69) is 45.2 Å². The lowest BCUT2D eigenvalue weighted by atomic mass is 10.3. The molecule has 0 bridgehead atoms. The van der Waals surface area contributed by atoms with E-state index in [1.54, 1.807) is 24.8 Å². The highest BCUT2D eigenvalue weighted by atomic mass is 32.1. The zero-order chi connectivity index (χ0) is 11.4. The van der Waals surface area contributed by atoms with Crippen LogP contribution in [-0.2, 0) is 11.5 Å². The first-order valence-corrected chi connectivity index (χ1v) is 5.94.